The fourth-order valence-electron chi connectivity index (χ4n) is 3.04. The van der Waals surface area contributed by atoms with E-state index in [0.717, 1.165) is 25.7 Å². The molecule has 0 N–H and O–H groups in total. The Labute approximate surface area is 140 Å². The van der Waals surface area contributed by atoms with Crippen LogP contribution >= 0.6 is 0 Å². The van der Waals surface area contributed by atoms with Gasteiger partial charge in [0.1, 0.15) is 5.56 Å². The Morgan fingerprint density at radius 3 is 2.58 bits per heavy atom. The van der Waals surface area contributed by atoms with Crippen LogP contribution in [0.25, 0.3) is 0 Å². The number of hydrogen-bond acceptors (Lipinski definition) is 5. The fraction of sp³-hybridized carbons (Fsp3) is 0.529. The number of carbonyl (C=O) groups excluding carboxylic acids is 2. The maximum Gasteiger partial charge on any atom is 0.345 e. The molecule has 0 aromatic heterocycles. The Balaban J connectivity index is 1.99. The molecule has 130 valence electrons. The largest absolute Gasteiger partial charge is 0.452 e. The number of para-hydroxylation sites is 1. The van der Waals surface area contributed by atoms with Crippen molar-refractivity contribution in [2.24, 2.45) is 0 Å². The topological polar surface area (TPSA) is 89.8 Å². The minimum absolute atomic E-state index is 0.131. The Bertz CT molecular complexity index is 638. The lowest BCUT2D eigenvalue weighted by molar-refractivity contribution is -0.385. The number of nitro benzene ring substituents is 1. The van der Waals surface area contributed by atoms with E-state index in [1.807, 2.05) is 0 Å². The third kappa shape index (κ3) is 4.10. The lowest BCUT2D eigenvalue weighted by atomic mass is 9.94. The number of aryl methyl sites for hydroxylation is 1. The molecule has 1 saturated carbocycles. The normalized spacial score (nSPS) is 14.9. The molecule has 1 fully saturated rings. The average molecular weight is 334 g/mol. The number of nitrogens with zero attached hydrogens (tertiary/aromatic N) is 2. The Morgan fingerprint density at radius 2 is 1.96 bits per heavy atom. The summed E-state index contributed by atoms with van der Waals surface area (Å²) in [5, 5.41) is 11.1. The van der Waals surface area contributed by atoms with Gasteiger partial charge in [0.15, 0.2) is 6.61 Å². The van der Waals surface area contributed by atoms with Crippen molar-refractivity contribution < 1.29 is 19.2 Å². The highest BCUT2D eigenvalue weighted by Crippen LogP contribution is 2.24. The molecule has 1 aliphatic carbocycles. The van der Waals surface area contributed by atoms with E-state index in [4.69, 9.17) is 4.74 Å². The predicted molar refractivity (Wildman–Crippen MR) is 87.8 cm³/mol. The lowest BCUT2D eigenvalue weighted by Crippen LogP contribution is -2.40. The van der Waals surface area contributed by atoms with Crippen molar-refractivity contribution in [3.63, 3.8) is 0 Å². The molecule has 24 heavy (non-hydrogen) atoms. The first kappa shape index (κ1) is 17.9. The number of likely N-dealkylation sites (N-methyl/N-ethyl adjacent to an activating group) is 1. The second kappa shape index (κ2) is 7.90. The van der Waals surface area contributed by atoms with E-state index in [-0.39, 0.29) is 23.2 Å². The van der Waals surface area contributed by atoms with Crippen LogP contribution in [0.4, 0.5) is 5.69 Å². The van der Waals surface area contributed by atoms with Crippen LogP contribution in [-0.2, 0) is 9.53 Å². The summed E-state index contributed by atoms with van der Waals surface area (Å²) in [5.41, 5.74) is -0.0381. The molecule has 0 spiro atoms. The van der Waals surface area contributed by atoms with Crippen molar-refractivity contribution in [1.29, 1.82) is 0 Å². The summed E-state index contributed by atoms with van der Waals surface area (Å²) >= 11 is 0. The van der Waals surface area contributed by atoms with Gasteiger partial charge in [-0.2, -0.15) is 0 Å². The van der Waals surface area contributed by atoms with Gasteiger partial charge in [-0.15, -0.1) is 0 Å². The summed E-state index contributed by atoms with van der Waals surface area (Å²) in [6, 6.07) is 4.62. The number of nitro groups is 1. The minimum Gasteiger partial charge on any atom is -0.452 e. The maximum atomic E-state index is 12.2. The Hall–Kier alpha value is -2.44. The van der Waals surface area contributed by atoms with Gasteiger partial charge in [0.25, 0.3) is 11.6 Å². The number of ether oxygens (including phenoxy) is 1. The van der Waals surface area contributed by atoms with E-state index in [1.54, 1.807) is 31.0 Å². The molecule has 0 radical (unpaired) electrons. The average Bonchev–Trinajstić information content (AvgIpc) is 2.58. The van der Waals surface area contributed by atoms with E-state index in [0.29, 0.717) is 5.56 Å². The lowest BCUT2D eigenvalue weighted by Gasteiger charge is -2.31. The molecular weight excluding hydrogens is 312 g/mol. The fourth-order valence-corrected chi connectivity index (χ4v) is 3.04. The zero-order chi connectivity index (χ0) is 17.7. The van der Waals surface area contributed by atoms with E-state index in [9.17, 15) is 19.7 Å². The quantitative estimate of drug-likeness (QED) is 0.469. The number of esters is 1. The van der Waals surface area contributed by atoms with Crippen molar-refractivity contribution in [1.82, 2.24) is 4.90 Å². The number of rotatable bonds is 5. The van der Waals surface area contributed by atoms with Gasteiger partial charge in [0.2, 0.25) is 0 Å². The molecule has 0 aliphatic heterocycles. The highest BCUT2D eigenvalue weighted by atomic mass is 16.6. The summed E-state index contributed by atoms with van der Waals surface area (Å²) in [4.78, 5) is 36.4. The smallest absolute Gasteiger partial charge is 0.345 e. The number of carbonyl (C=O) groups is 2. The van der Waals surface area contributed by atoms with Crippen LogP contribution in [0.5, 0.6) is 0 Å². The molecule has 0 saturated heterocycles. The molecule has 2 rings (SSSR count). The summed E-state index contributed by atoms with van der Waals surface area (Å²) in [6.07, 6.45) is 5.29. The number of hydrogen-bond donors (Lipinski definition) is 0. The molecule has 7 nitrogen and oxygen atoms in total. The standard InChI is InChI=1S/C17H22N2O5/c1-12-7-6-10-14(16(12)19(22)23)17(21)24-11-15(20)18(2)13-8-4-3-5-9-13/h6-7,10,13H,3-5,8-9,11H2,1-2H3. The third-order valence-corrected chi connectivity index (χ3v) is 4.48. The Morgan fingerprint density at radius 1 is 1.29 bits per heavy atom. The van der Waals surface area contributed by atoms with Gasteiger partial charge in [-0.3, -0.25) is 14.9 Å². The van der Waals surface area contributed by atoms with E-state index < -0.39 is 17.5 Å². The zero-order valence-electron chi connectivity index (χ0n) is 14.0. The van der Waals surface area contributed by atoms with Gasteiger partial charge < -0.3 is 9.64 Å². The first-order valence-electron chi connectivity index (χ1n) is 8.08. The minimum atomic E-state index is -0.851. The van der Waals surface area contributed by atoms with Crippen LogP contribution in [0.15, 0.2) is 18.2 Å². The number of amides is 1. The van der Waals surface area contributed by atoms with Crippen LogP contribution in [0.3, 0.4) is 0 Å². The van der Waals surface area contributed by atoms with Crippen molar-refractivity contribution >= 4 is 17.6 Å². The van der Waals surface area contributed by atoms with E-state index in [1.165, 1.54) is 12.5 Å². The second-order valence-electron chi connectivity index (χ2n) is 6.10. The SMILES string of the molecule is Cc1cccc(C(=O)OCC(=O)N(C)C2CCCCC2)c1[N+](=O)[O-]. The highest BCUT2D eigenvalue weighted by molar-refractivity contribution is 5.95. The molecule has 1 aliphatic rings. The molecule has 0 atom stereocenters. The molecule has 0 bridgehead atoms. The van der Waals surface area contributed by atoms with Crippen LogP contribution in [0, 0.1) is 17.0 Å². The summed E-state index contributed by atoms with van der Waals surface area (Å²) < 4.78 is 5.01. The summed E-state index contributed by atoms with van der Waals surface area (Å²) in [5.74, 6) is -1.14. The summed E-state index contributed by atoms with van der Waals surface area (Å²) in [7, 11) is 1.71. The van der Waals surface area contributed by atoms with Crippen LogP contribution in [0.2, 0.25) is 0 Å². The first-order valence-corrected chi connectivity index (χ1v) is 8.08. The molecule has 0 unspecified atom stereocenters. The third-order valence-electron chi connectivity index (χ3n) is 4.48. The maximum absolute atomic E-state index is 12.2. The van der Waals surface area contributed by atoms with Gasteiger partial charge in [-0.1, -0.05) is 31.4 Å². The van der Waals surface area contributed by atoms with Crippen molar-refractivity contribution in [2.75, 3.05) is 13.7 Å². The first-order chi connectivity index (χ1) is 11.4. The van der Waals surface area contributed by atoms with Crippen LogP contribution < -0.4 is 0 Å². The molecule has 0 heterocycles. The van der Waals surface area contributed by atoms with Gasteiger partial charge in [0.05, 0.1) is 4.92 Å². The highest BCUT2D eigenvalue weighted by Gasteiger charge is 2.26. The van der Waals surface area contributed by atoms with Crippen molar-refractivity contribution in [3.8, 4) is 0 Å². The van der Waals surface area contributed by atoms with Crippen molar-refractivity contribution in [3.05, 3.63) is 39.4 Å². The summed E-state index contributed by atoms with van der Waals surface area (Å²) in [6.45, 7) is 1.15. The van der Waals surface area contributed by atoms with Crippen molar-refractivity contribution in [2.45, 2.75) is 45.1 Å². The molecule has 1 amide bonds. The zero-order valence-corrected chi connectivity index (χ0v) is 14.0. The molecular formula is C17H22N2O5. The molecule has 1 aromatic carbocycles. The van der Waals surface area contributed by atoms with Gasteiger partial charge in [-0.05, 0) is 25.8 Å². The van der Waals surface area contributed by atoms with Gasteiger partial charge in [-0.25, -0.2) is 4.79 Å². The van der Waals surface area contributed by atoms with E-state index >= 15 is 0 Å². The van der Waals surface area contributed by atoms with Gasteiger partial charge in [0, 0.05) is 18.7 Å². The number of benzene rings is 1. The van der Waals surface area contributed by atoms with Gasteiger partial charge >= 0.3 is 5.97 Å². The van der Waals surface area contributed by atoms with Crippen LogP contribution in [0.1, 0.15) is 48.0 Å². The molecule has 1 aromatic rings. The molecule has 7 heteroatoms. The van der Waals surface area contributed by atoms with E-state index in [2.05, 4.69) is 0 Å². The predicted octanol–water partition coefficient (Wildman–Crippen LogP) is 2.85. The monoisotopic (exact) mass is 334 g/mol. The Kier molecular flexibility index (Phi) is 5.89. The second-order valence-corrected chi connectivity index (χ2v) is 6.10. The van der Waals surface area contributed by atoms with Crippen LogP contribution in [-0.4, -0.2) is 41.4 Å².